The molecule has 0 amide bonds. The van der Waals surface area contributed by atoms with Gasteiger partial charge in [0.25, 0.3) is 0 Å². The summed E-state index contributed by atoms with van der Waals surface area (Å²) >= 11 is 0. The van der Waals surface area contributed by atoms with Crippen molar-refractivity contribution in [3.05, 3.63) is 54.5 Å². The number of ether oxygens (including phenoxy) is 1. The fraction of sp³-hybridized carbons (Fsp3) is 0.0714. The van der Waals surface area contributed by atoms with Crippen LogP contribution in [0.3, 0.4) is 0 Å². The van der Waals surface area contributed by atoms with Gasteiger partial charge in [-0.1, -0.05) is 30.3 Å². The molecule has 0 fully saturated rings. The van der Waals surface area contributed by atoms with E-state index in [-0.39, 0.29) is 0 Å². The van der Waals surface area contributed by atoms with E-state index in [9.17, 15) is 4.79 Å². The van der Waals surface area contributed by atoms with Crippen LogP contribution in [0.25, 0.3) is 16.8 Å². The number of esters is 1. The van der Waals surface area contributed by atoms with Gasteiger partial charge < -0.3 is 4.74 Å². The van der Waals surface area contributed by atoms with E-state index in [0.29, 0.717) is 11.2 Å². The van der Waals surface area contributed by atoms with Crippen molar-refractivity contribution in [1.82, 2.24) is 14.6 Å². The predicted molar refractivity (Wildman–Crippen MR) is 69.8 cm³/mol. The molecule has 0 aliphatic rings. The number of carbonyl (C=O) groups is 1. The lowest BCUT2D eigenvalue weighted by Crippen LogP contribution is -2.05. The Bertz CT molecular complexity index is 735. The Kier molecular flexibility index (Phi) is 2.72. The Hall–Kier alpha value is -2.69. The highest BCUT2D eigenvalue weighted by Crippen LogP contribution is 2.22. The molecule has 1 aromatic carbocycles. The van der Waals surface area contributed by atoms with Crippen LogP contribution in [0.4, 0.5) is 0 Å². The number of rotatable bonds is 2. The van der Waals surface area contributed by atoms with Crippen LogP contribution in [0.5, 0.6) is 0 Å². The summed E-state index contributed by atoms with van der Waals surface area (Å²) < 4.78 is 6.36. The predicted octanol–water partition coefficient (Wildman–Crippen LogP) is 2.18. The minimum atomic E-state index is -0.421. The SMILES string of the molecule is COC(=O)c1cc(-c2ccccc2)cn2ncnc12. The molecular weight excluding hydrogens is 242 g/mol. The summed E-state index contributed by atoms with van der Waals surface area (Å²) in [5, 5.41) is 4.08. The van der Waals surface area contributed by atoms with Gasteiger partial charge in [0, 0.05) is 11.8 Å². The fourth-order valence-electron chi connectivity index (χ4n) is 1.98. The third kappa shape index (κ3) is 1.95. The van der Waals surface area contributed by atoms with E-state index >= 15 is 0 Å². The number of aromatic nitrogens is 3. The first-order chi connectivity index (χ1) is 9.29. The highest BCUT2D eigenvalue weighted by Gasteiger charge is 2.14. The van der Waals surface area contributed by atoms with Gasteiger partial charge in [-0.2, -0.15) is 5.10 Å². The molecule has 5 nitrogen and oxygen atoms in total. The number of hydrogen-bond donors (Lipinski definition) is 0. The van der Waals surface area contributed by atoms with E-state index in [4.69, 9.17) is 4.74 Å². The molecule has 5 heteroatoms. The summed E-state index contributed by atoms with van der Waals surface area (Å²) in [6, 6.07) is 11.5. The third-order valence-corrected chi connectivity index (χ3v) is 2.89. The van der Waals surface area contributed by atoms with Crippen molar-refractivity contribution in [2.24, 2.45) is 0 Å². The quantitative estimate of drug-likeness (QED) is 0.657. The molecule has 0 unspecified atom stereocenters. The maximum atomic E-state index is 11.8. The topological polar surface area (TPSA) is 56.5 Å². The van der Waals surface area contributed by atoms with E-state index in [0.717, 1.165) is 11.1 Å². The molecule has 0 radical (unpaired) electrons. The molecule has 2 heterocycles. The first-order valence-electron chi connectivity index (χ1n) is 5.77. The van der Waals surface area contributed by atoms with E-state index in [1.54, 1.807) is 10.6 Å². The van der Waals surface area contributed by atoms with E-state index in [2.05, 4.69) is 10.1 Å². The summed E-state index contributed by atoms with van der Waals surface area (Å²) in [7, 11) is 1.35. The van der Waals surface area contributed by atoms with Gasteiger partial charge in [0.05, 0.1) is 7.11 Å². The van der Waals surface area contributed by atoms with Gasteiger partial charge in [-0.3, -0.25) is 0 Å². The maximum Gasteiger partial charge on any atom is 0.341 e. The molecule has 3 rings (SSSR count). The van der Waals surface area contributed by atoms with Gasteiger partial charge in [0.2, 0.25) is 0 Å². The molecular formula is C14H11N3O2. The molecule has 3 aromatic rings. The first-order valence-corrected chi connectivity index (χ1v) is 5.77. The monoisotopic (exact) mass is 253 g/mol. The molecule has 2 aromatic heterocycles. The zero-order chi connectivity index (χ0) is 13.2. The Balaban J connectivity index is 2.25. The number of carbonyl (C=O) groups excluding carboxylic acids is 1. The van der Waals surface area contributed by atoms with Crippen LogP contribution in [-0.4, -0.2) is 27.7 Å². The molecule has 0 saturated heterocycles. The zero-order valence-corrected chi connectivity index (χ0v) is 10.3. The van der Waals surface area contributed by atoms with Crippen molar-refractivity contribution >= 4 is 11.6 Å². The molecule has 0 saturated carbocycles. The van der Waals surface area contributed by atoms with Crippen molar-refractivity contribution in [2.45, 2.75) is 0 Å². The molecule has 0 bridgehead atoms. The minimum Gasteiger partial charge on any atom is -0.465 e. The second-order valence-electron chi connectivity index (χ2n) is 4.03. The number of fused-ring (bicyclic) bond motifs is 1. The van der Waals surface area contributed by atoms with Gasteiger partial charge in [0.1, 0.15) is 11.9 Å². The number of methoxy groups -OCH3 is 1. The normalized spacial score (nSPS) is 10.6. The van der Waals surface area contributed by atoms with Gasteiger partial charge in [-0.15, -0.1) is 0 Å². The number of nitrogens with zero attached hydrogens (tertiary/aromatic N) is 3. The second kappa shape index (κ2) is 4.53. The van der Waals surface area contributed by atoms with Gasteiger partial charge in [0.15, 0.2) is 5.65 Å². The lowest BCUT2D eigenvalue weighted by atomic mass is 10.1. The summed E-state index contributed by atoms with van der Waals surface area (Å²) in [6.45, 7) is 0. The summed E-state index contributed by atoms with van der Waals surface area (Å²) in [5.41, 5.74) is 2.79. The molecule has 19 heavy (non-hydrogen) atoms. The standard InChI is InChI=1S/C14H11N3O2/c1-19-14(18)12-7-11(10-5-3-2-4-6-10)8-17-13(12)15-9-16-17/h2-9H,1H3. The van der Waals surface area contributed by atoms with Gasteiger partial charge in [-0.05, 0) is 11.6 Å². The number of pyridine rings is 1. The Morgan fingerprint density at radius 2 is 2.00 bits per heavy atom. The van der Waals surface area contributed by atoms with E-state index in [1.165, 1.54) is 13.4 Å². The van der Waals surface area contributed by atoms with Gasteiger partial charge in [-0.25, -0.2) is 14.3 Å². The van der Waals surface area contributed by atoms with E-state index < -0.39 is 5.97 Å². The average molecular weight is 253 g/mol. The highest BCUT2D eigenvalue weighted by atomic mass is 16.5. The summed E-state index contributed by atoms with van der Waals surface area (Å²) in [4.78, 5) is 15.9. The maximum absolute atomic E-state index is 11.8. The number of benzene rings is 1. The first kappa shape index (κ1) is 11.4. The molecule has 0 spiro atoms. The largest absolute Gasteiger partial charge is 0.465 e. The molecule has 94 valence electrons. The van der Waals surface area contributed by atoms with Crippen LogP contribution in [0, 0.1) is 0 Å². The summed E-state index contributed by atoms with van der Waals surface area (Å²) in [5.74, 6) is -0.421. The lowest BCUT2D eigenvalue weighted by Gasteiger charge is -2.06. The average Bonchev–Trinajstić information content (AvgIpc) is 2.94. The molecule has 0 aliphatic heterocycles. The van der Waals surface area contributed by atoms with Gasteiger partial charge >= 0.3 is 5.97 Å². The van der Waals surface area contributed by atoms with Crippen LogP contribution in [0.15, 0.2) is 48.9 Å². The summed E-state index contributed by atoms with van der Waals surface area (Å²) in [6.07, 6.45) is 3.25. The van der Waals surface area contributed by atoms with Crippen LogP contribution in [0.1, 0.15) is 10.4 Å². The number of hydrogen-bond acceptors (Lipinski definition) is 4. The fourth-order valence-corrected chi connectivity index (χ4v) is 1.98. The van der Waals surface area contributed by atoms with E-state index in [1.807, 2.05) is 36.5 Å². The van der Waals surface area contributed by atoms with Crippen LogP contribution < -0.4 is 0 Å². The molecule has 0 aliphatic carbocycles. The van der Waals surface area contributed by atoms with Crippen molar-refractivity contribution in [1.29, 1.82) is 0 Å². The molecule has 0 N–H and O–H groups in total. The van der Waals surface area contributed by atoms with Crippen molar-refractivity contribution in [3.63, 3.8) is 0 Å². The highest BCUT2D eigenvalue weighted by molar-refractivity contribution is 5.97. The van der Waals surface area contributed by atoms with Crippen LogP contribution in [-0.2, 0) is 4.74 Å². The van der Waals surface area contributed by atoms with Crippen molar-refractivity contribution < 1.29 is 9.53 Å². The lowest BCUT2D eigenvalue weighted by molar-refractivity contribution is 0.0602. The van der Waals surface area contributed by atoms with Crippen molar-refractivity contribution in [3.8, 4) is 11.1 Å². The Labute approximate surface area is 109 Å². The van der Waals surface area contributed by atoms with Crippen LogP contribution in [0.2, 0.25) is 0 Å². The second-order valence-corrected chi connectivity index (χ2v) is 4.03. The smallest absolute Gasteiger partial charge is 0.341 e. The third-order valence-electron chi connectivity index (χ3n) is 2.89. The Morgan fingerprint density at radius 1 is 1.21 bits per heavy atom. The minimum absolute atomic E-state index is 0.404. The Morgan fingerprint density at radius 3 is 2.74 bits per heavy atom. The van der Waals surface area contributed by atoms with Crippen molar-refractivity contribution in [2.75, 3.05) is 7.11 Å². The molecule has 0 atom stereocenters. The zero-order valence-electron chi connectivity index (χ0n) is 10.3. The van der Waals surface area contributed by atoms with Crippen LogP contribution >= 0.6 is 0 Å².